The Morgan fingerprint density at radius 3 is 2.82 bits per heavy atom. The molecule has 5 heteroatoms. The van der Waals surface area contributed by atoms with Crippen LogP contribution < -0.4 is 11.1 Å². The maximum atomic E-state index is 6.06. The predicted molar refractivity (Wildman–Crippen MR) is 71.9 cm³/mol. The zero-order valence-electron chi connectivity index (χ0n) is 8.95. The third kappa shape index (κ3) is 2.88. The first kappa shape index (κ1) is 12.2. The van der Waals surface area contributed by atoms with Crippen LogP contribution in [0.1, 0.15) is 5.56 Å². The molecule has 0 bridgehead atoms. The van der Waals surface area contributed by atoms with Crippen molar-refractivity contribution >= 4 is 34.7 Å². The molecule has 3 nitrogen and oxygen atoms in total. The van der Waals surface area contributed by atoms with Crippen molar-refractivity contribution in [3.05, 3.63) is 52.1 Å². The molecule has 0 aliphatic rings. The largest absolute Gasteiger partial charge is 0.339 e. The molecule has 1 heterocycles. The molecular weight excluding hydrogens is 257 g/mol. The van der Waals surface area contributed by atoms with E-state index in [1.165, 1.54) is 0 Å². The smallest absolute Gasteiger partial charge is 0.134 e. The van der Waals surface area contributed by atoms with Gasteiger partial charge in [-0.15, -0.1) is 0 Å². The average molecular weight is 268 g/mol. The lowest BCUT2D eigenvalue weighted by Gasteiger charge is -2.11. The standard InChI is InChI=1S/C12H11Cl2N3/c13-9-3-4-10(14)11(6-9)17-12-8(7-15)2-1-5-16-12/h1-6H,7,15H2,(H,16,17). The van der Waals surface area contributed by atoms with Crippen LogP contribution in [0.15, 0.2) is 36.5 Å². The number of rotatable bonds is 3. The zero-order chi connectivity index (χ0) is 12.3. The summed E-state index contributed by atoms with van der Waals surface area (Å²) in [5.41, 5.74) is 7.27. The van der Waals surface area contributed by atoms with E-state index in [1.54, 1.807) is 24.4 Å². The third-order valence-electron chi connectivity index (χ3n) is 2.29. The van der Waals surface area contributed by atoms with Gasteiger partial charge in [0.05, 0.1) is 10.7 Å². The lowest BCUT2D eigenvalue weighted by atomic mass is 10.2. The van der Waals surface area contributed by atoms with Gasteiger partial charge in [0.15, 0.2) is 0 Å². The zero-order valence-corrected chi connectivity index (χ0v) is 10.5. The third-order valence-corrected chi connectivity index (χ3v) is 2.86. The molecule has 0 fully saturated rings. The number of aromatic nitrogens is 1. The molecule has 0 atom stereocenters. The van der Waals surface area contributed by atoms with Crippen LogP contribution in [0.2, 0.25) is 10.0 Å². The minimum atomic E-state index is 0.411. The fourth-order valence-corrected chi connectivity index (χ4v) is 1.77. The number of benzene rings is 1. The molecule has 0 saturated heterocycles. The van der Waals surface area contributed by atoms with Crippen molar-refractivity contribution in [2.75, 3.05) is 5.32 Å². The van der Waals surface area contributed by atoms with Crippen LogP contribution in [0.4, 0.5) is 11.5 Å². The van der Waals surface area contributed by atoms with E-state index in [0.717, 1.165) is 5.56 Å². The second-order valence-corrected chi connectivity index (χ2v) is 4.31. The lowest BCUT2D eigenvalue weighted by Crippen LogP contribution is -2.03. The van der Waals surface area contributed by atoms with E-state index in [2.05, 4.69) is 10.3 Å². The molecule has 88 valence electrons. The first-order chi connectivity index (χ1) is 8.20. The fourth-order valence-electron chi connectivity index (χ4n) is 1.44. The van der Waals surface area contributed by atoms with Crippen LogP contribution >= 0.6 is 23.2 Å². The van der Waals surface area contributed by atoms with Gasteiger partial charge in [0.2, 0.25) is 0 Å². The fraction of sp³-hybridized carbons (Fsp3) is 0.0833. The van der Waals surface area contributed by atoms with Gasteiger partial charge in [-0.05, 0) is 24.3 Å². The van der Waals surface area contributed by atoms with Gasteiger partial charge in [0, 0.05) is 23.3 Å². The topological polar surface area (TPSA) is 50.9 Å². The molecule has 0 unspecified atom stereocenters. The predicted octanol–water partition coefficient (Wildman–Crippen LogP) is 3.59. The quantitative estimate of drug-likeness (QED) is 0.894. The highest BCUT2D eigenvalue weighted by molar-refractivity contribution is 6.35. The van der Waals surface area contributed by atoms with E-state index in [1.807, 2.05) is 12.1 Å². The first-order valence-electron chi connectivity index (χ1n) is 5.06. The van der Waals surface area contributed by atoms with Crippen LogP contribution in [0.5, 0.6) is 0 Å². The van der Waals surface area contributed by atoms with Crippen molar-refractivity contribution in [1.82, 2.24) is 4.98 Å². The van der Waals surface area contributed by atoms with E-state index in [4.69, 9.17) is 28.9 Å². The second-order valence-electron chi connectivity index (χ2n) is 3.46. The number of hydrogen-bond acceptors (Lipinski definition) is 3. The molecule has 3 N–H and O–H groups in total. The van der Waals surface area contributed by atoms with E-state index < -0.39 is 0 Å². The number of nitrogens with zero attached hydrogens (tertiary/aromatic N) is 1. The summed E-state index contributed by atoms with van der Waals surface area (Å²) in [5.74, 6) is 0.694. The molecule has 1 aromatic heterocycles. The van der Waals surface area contributed by atoms with Crippen LogP contribution in [0.3, 0.4) is 0 Å². The molecule has 0 aliphatic heterocycles. The molecule has 0 amide bonds. The van der Waals surface area contributed by atoms with Gasteiger partial charge >= 0.3 is 0 Å². The van der Waals surface area contributed by atoms with Gasteiger partial charge in [0.25, 0.3) is 0 Å². The van der Waals surface area contributed by atoms with Crippen molar-refractivity contribution in [2.45, 2.75) is 6.54 Å². The Morgan fingerprint density at radius 2 is 2.06 bits per heavy atom. The maximum Gasteiger partial charge on any atom is 0.134 e. The Labute approximate surface area is 110 Å². The lowest BCUT2D eigenvalue weighted by molar-refractivity contribution is 1.05. The first-order valence-corrected chi connectivity index (χ1v) is 5.82. The van der Waals surface area contributed by atoms with Gasteiger partial charge in [-0.2, -0.15) is 0 Å². The summed E-state index contributed by atoms with van der Waals surface area (Å²) in [7, 11) is 0. The Bertz CT molecular complexity index is 529. The molecule has 0 radical (unpaired) electrons. The van der Waals surface area contributed by atoms with Crippen molar-refractivity contribution in [2.24, 2.45) is 5.73 Å². The van der Waals surface area contributed by atoms with E-state index in [-0.39, 0.29) is 0 Å². The van der Waals surface area contributed by atoms with Crippen LogP contribution in [0, 0.1) is 0 Å². The van der Waals surface area contributed by atoms with Crippen molar-refractivity contribution < 1.29 is 0 Å². The highest BCUT2D eigenvalue weighted by Gasteiger charge is 2.05. The van der Waals surface area contributed by atoms with Gasteiger partial charge in [-0.25, -0.2) is 4.98 Å². The number of hydrogen-bond donors (Lipinski definition) is 2. The number of nitrogens with one attached hydrogen (secondary N) is 1. The van der Waals surface area contributed by atoms with Crippen LogP contribution in [-0.2, 0) is 6.54 Å². The SMILES string of the molecule is NCc1cccnc1Nc1cc(Cl)ccc1Cl. The molecule has 1 aromatic carbocycles. The Morgan fingerprint density at radius 1 is 1.24 bits per heavy atom. The average Bonchev–Trinajstić information content (AvgIpc) is 2.34. The Balaban J connectivity index is 2.34. The number of pyridine rings is 1. The minimum absolute atomic E-state index is 0.411. The Hall–Kier alpha value is -1.29. The highest BCUT2D eigenvalue weighted by atomic mass is 35.5. The highest BCUT2D eigenvalue weighted by Crippen LogP contribution is 2.28. The molecule has 0 aliphatic carbocycles. The number of nitrogens with two attached hydrogens (primary N) is 1. The monoisotopic (exact) mass is 267 g/mol. The van der Waals surface area contributed by atoms with Crippen LogP contribution in [-0.4, -0.2) is 4.98 Å². The summed E-state index contributed by atoms with van der Waals surface area (Å²) in [6, 6.07) is 8.97. The Kier molecular flexibility index (Phi) is 3.84. The van der Waals surface area contributed by atoms with E-state index in [0.29, 0.717) is 28.1 Å². The van der Waals surface area contributed by atoms with Crippen molar-refractivity contribution in [3.63, 3.8) is 0 Å². The molecule has 0 spiro atoms. The minimum Gasteiger partial charge on any atom is -0.339 e. The summed E-state index contributed by atoms with van der Waals surface area (Å²) < 4.78 is 0. The molecule has 17 heavy (non-hydrogen) atoms. The molecule has 0 saturated carbocycles. The molecular formula is C12H11Cl2N3. The van der Waals surface area contributed by atoms with Crippen molar-refractivity contribution in [3.8, 4) is 0 Å². The summed E-state index contributed by atoms with van der Waals surface area (Å²) in [6.45, 7) is 0.411. The van der Waals surface area contributed by atoms with E-state index >= 15 is 0 Å². The summed E-state index contributed by atoms with van der Waals surface area (Å²) in [4.78, 5) is 4.22. The van der Waals surface area contributed by atoms with Gasteiger partial charge < -0.3 is 11.1 Å². The van der Waals surface area contributed by atoms with E-state index in [9.17, 15) is 0 Å². The maximum absolute atomic E-state index is 6.06. The summed E-state index contributed by atoms with van der Waals surface area (Å²) in [6.07, 6.45) is 1.69. The second kappa shape index (κ2) is 5.36. The number of halogens is 2. The summed E-state index contributed by atoms with van der Waals surface area (Å²) >= 11 is 12.0. The van der Waals surface area contributed by atoms with Gasteiger partial charge in [-0.1, -0.05) is 29.3 Å². The normalized spacial score (nSPS) is 10.3. The van der Waals surface area contributed by atoms with Crippen LogP contribution in [0.25, 0.3) is 0 Å². The number of anilines is 2. The van der Waals surface area contributed by atoms with Crippen molar-refractivity contribution in [1.29, 1.82) is 0 Å². The summed E-state index contributed by atoms with van der Waals surface area (Å²) in [5, 5.41) is 4.32. The molecule has 2 aromatic rings. The van der Waals surface area contributed by atoms with Gasteiger partial charge in [-0.3, -0.25) is 0 Å². The van der Waals surface area contributed by atoms with Gasteiger partial charge in [0.1, 0.15) is 5.82 Å². The molecule has 2 rings (SSSR count).